The summed E-state index contributed by atoms with van der Waals surface area (Å²) in [5, 5.41) is 1.04. The minimum atomic E-state index is 0.0504. The average Bonchev–Trinajstić information content (AvgIpc) is 3.03. The predicted octanol–water partition coefficient (Wildman–Crippen LogP) is 2.80. The zero-order valence-corrected chi connectivity index (χ0v) is 15.5. The van der Waals surface area contributed by atoms with E-state index < -0.39 is 0 Å². The van der Waals surface area contributed by atoms with E-state index in [0.717, 1.165) is 55.3 Å². The van der Waals surface area contributed by atoms with Crippen LogP contribution in [0.5, 0.6) is 0 Å². The monoisotopic (exact) mass is 357 g/mol. The Labute approximate surface area is 152 Å². The summed E-state index contributed by atoms with van der Waals surface area (Å²) in [4.78, 5) is 25.0. The zero-order valence-electron chi connectivity index (χ0n) is 14.7. The number of ether oxygens (including phenoxy) is 1. The van der Waals surface area contributed by atoms with Crippen LogP contribution in [0.15, 0.2) is 24.5 Å². The lowest BCUT2D eigenvalue weighted by Gasteiger charge is -2.41. The Hall–Kier alpha value is -1.79. The Kier molecular flexibility index (Phi) is 4.33. The van der Waals surface area contributed by atoms with E-state index in [9.17, 15) is 4.79 Å². The topological polar surface area (TPSA) is 55.3 Å². The zero-order chi connectivity index (χ0) is 17.4. The van der Waals surface area contributed by atoms with Crippen LogP contribution in [0.3, 0.4) is 0 Å². The number of aromatic nitrogens is 2. The molecule has 1 aliphatic carbocycles. The second-order valence-electron chi connectivity index (χ2n) is 7.56. The third-order valence-electron chi connectivity index (χ3n) is 5.11. The molecule has 2 aromatic rings. The van der Waals surface area contributed by atoms with Gasteiger partial charge in [0.05, 0.1) is 18.9 Å². The summed E-state index contributed by atoms with van der Waals surface area (Å²) in [6.45, 7) is 4.46. The molecule has 3 heterocycles. The van der Waals surface area contributed by atoms with Crippen molar-refractivity contribution in [1.82, 2.24) is 14.9 Å². The van der Waals surface area contributed by atoms with Gasteiger partial charge in [-0.05, 0) is 25.0 Å². The molecular weight excluding hydrogens is 334 g/mol. The van der Waals surface area contributed by atoms with Crippen molar-refractivity contribution in [3.8, 4) is 10.6 Å². The molecule has 0 saturated carbocycles. The molecule has 0 radical (unpaired) electrons. The summed E-state index contributed by atoms with van der Waals surface area (Å²) in [5.41, 5.74) is 2.33. The van der Waals surface area contributed by atoms with Crippen LogP contribution in [0.1, 0.15) is 23.9 Å². The molecular formula is C19H23N3O2S. The second-order valence-corrected chi connectivity index (χ2v) is 8.65. The van der Waals surface area contributed by atoms with Gasteiger partial charge in [0.2, 0.25) is 5.91 Å². The molecule has 1 fully saturated rings. The van der Waals surface area contributed by atoms with Gasteiger partial charge in [0.1, 0.15) is 5.01 Å². The van der Waals surface area contributed by atoms with Gasteiger partial charge in [-0.25, -0.2) is 4.98 Å². The Morgan fingerprint density at radius 1 is 1.40 bits per heavy atom. The first-order valence-corrected chi connectivity index (χ1v) is 9.57. The van der Waals surface area contributed by atoms with Crippen molar-refractivity contribution in [2.24, 2.45) is 11.3 Å². The number of hydrogen-bond acceptors (Lipinski definition) is 5. The summed E-state index contributed by atoms with van der Waals surface area (Å²) in [6, 6.07) is 3.98. The first kappa shape index (κ1) is 16.7. The van der Waals surface area contributed by atoms with Gasteiger partial charge < -0.3 is 9.64 Å². The number of nitrogens with zero attached hydrogens (tertiary/aromatic N) is 3. The maximum absolute atomic E-state index is 12.9. The highest BCUT2D eigenvalue weighted by atomic mass is 32.1. The molecule has 132 valence electrons. The molecule has 0 N–H and O–H groups in total. The Morgan fingerprint density at radius 3 is 2.84 bits per heavy atom. The SMILES string of the molecule is CN(CC1(C)COC1)C(=O)C1CCc2sc(-c3ccncc3)nc2C1. The molecule has 25 heavy (non-hydrogen) atoms. The predicted molar refractivity (Wildman–Crippen MR) is 97.4 cm³/mol. The van der Waals surface area contributed by atoms with Gasteiger partial charge in [0.15, 0.2) is 0 Å². The lowest BCUT2D eigenvalue weighted by atomic mass is 9.86. The minimum Gasteiger partial charge on any atom is -0.380 e. The number of amides is 1. The van der Waals surface area contributed by atoms with Gasteiger partial charge in [-0.1, -0.05) is 6.92 Å². The Bertz CT molecular complexity index is 770. The molecule has 1 unspecified atom stereocenters. The lowest BCUT2D eigenvalue weighted by molar-refractivity contribution is -0.145. The van der Waals surface area contributed by atoms with Crippen molar-refractivity contribution in [3.05, 3.63) is 35.1 Å². The van der Waals surface area contributed by atoms with Gasteiger partial charge in [0.25, 0.3) is 0 Å². The van der Waals surface area contributed by atoms with Crippen molar-refractivity contribution >= 4 is 17.2 Å². The summed E-state index contributed by atoms with van der Waals surface area (Å²) in [5.74, 6) is 0.298. The first-order valence-electron chi connectivity index (χ1n) is 8.76. The molecule has 1 atom stereocenters. The second kappa shape index (κ2) is 6.50. The molecule has 1 aliphatic heterocycles. The van der Waals surface area contributed by atoms with E-state index in [-0.39, 0.29) is 17.2 Å². The normalized spacial score (nSPS) is 21.3. The van der Waals surface area contributed by atoms with E-state index in [1.807, 2.05) is 24.1 Å². The molecule has 1 saturated heterocycles. The maximum atomic E-state index is 12.9. The van der Waals surface area contributed by atoms with Crippen molar-refractivity contribution in [3.63, 3.8) is 0 Å². The van der Waals surface area contributed by atoms with Crippen LogP contribution >= 0.6 is 11.3 Å². The van der Waals surface area contributed by atoms with Crippen LogP contribution in [0.4, 0.5) is 0 Å². The lowest BCUT2D eigenvalue weighted by Crippen LogP contribution is -2.50. The third-order valence-corrected chi connectivity index (χ3v) is 6.32. The van der Waals surface area contributed by atoms with Crippen molar-refractivity contribution < 1.29 is 9.53 Å². The van der Waals surface area contributed by atoms with Gasteiger partial charge in [-0.15, -0.1) is 11.3 Å². The summed E-state index contributed by atoms with van der Waals surface area (Å²) in [7, 11) is 1.92. The van der Waals surface area contributed by atoms with Crippen LogP contribution in [-0.2, 0) is 22.4 Å². The molecule has 2 aromatic heterocycles. The van der Waals surface area contributed by atoms with Crippen LogP contribution in [0, 0.1) is 11.3 Å². The van der Waals surface area contributed by atoms with Gasteiger partial charge in [0, 0.05) is 54.2 Å². The first-order chi connectivity index (χ1) is 12.0. The number of fused-ring (bicyclic) bond motifs is 1. The Morgan fingerprint density at radius 2 is 2.16 bits per heavy atom. The summed E-state index contributed by atoms with van der Waals surface area (Å²) in [6.07, 6.45) is 6.21. The standard InChI is InChI=1S/C19H23N3O2S/c1-19(11-24-12-19)10-22(2)18(23)14-3-4-16-15(9-14)21-17(25-16)13-5-7-20-8-6-13/h5-8,14H,3-4,9-12H2,1-2H3. The van der Waals surface area contributed by atoms with Crippen LogP contribution in [0.25, 0.3) is 10.6 Å². The molecule has 5 nitrogen and oxygen atoms in total. The molecule has 6 heteroatoms. The fourth-order valence-electron chi connectivity index (χ4n) is 3.71. The van der Waals surface area contributed by atoms with E-state index >= 15 is 0 Å². The van der Waals surface area contributed by atoms with Gasteiger partial charge >= 0.3 is 0 Å². The molecule has 0 bridgehead atoms. The van der Waals surface area contributed by atoms with Crippen LogP contribution in [0.2, 0.25) is 0 Å². The number of pyridine rings is 1. The number of carbonyl (C=O) groups is 1. The average molecular weight is 357 g/mol. The Balaban J connectivity index is 1.45. The van der Waals surface area contributed by atoms with E-state index in [4.69, 9.17) is 9.72 Å². The van der Waals surface area contributed by atoms with Crippen molar-refractivity contribution in [1.29, 1.82) is 0 Å². The largest absolute Gasteiger partial charge is 0.380 e. The number of hydrogen-bond donors (Lipinski definition) is 0. The number of rotatable bonds is 4. The minimum absolute atomic E-state index is 0.0504. The molecule has 2 aliphatic rings. The smallest absolute Gasteiger partial charge is 0.225 e. The van der Waals surface area contributed by atoms with E-state index in [1.54, 1.807) is 23.7 Å². The van der Waals surface area contributed by atoms with E-state index in [2.05, 4.69) is 11.9 Å². The summed E-state index contributed by atoms with van der Waals surface area (Å²) >= 11 is 1.75. The fraction of sp³-hybridized carbons (Fsp3) is 0.526. The summed E-state index contributed by atoms with van der Waals surface area (Å²) < 4.78 is 5.30. The number of thiazole rings is 1. The highest BCUT2D eigenvalue weighted by molar-refractivity contribution is 7.15. The van der Waals surface area contributed by atoms with Gasteiger partial charge in [-0.2, -0.15) is 0 Å². The van der Waals surface area contributed by atoms with Gasteiger partial charge in [-0.3, -0.25) is 9.78 Å². The van der Waals surface area contributed by atoms with E-state index in [1.165, 1.54) is 4.88 Å². The highest BCUT2D eigenvalue weighted by Crippen LogP contribution is 2.35. The number of aryl methyl sites for hydroxylation is 1. The fourth-order valence-corrected chi connectivity index (χ4v) is 4.82. The highest BCUT2D eigenvalue weighted by Gasteiger charge is 2.37. The quantitative estimate of drug-likeness (QED) is 0.844. The van der Waals surface area contributed by atoms with Crippen molar-refractivity contribution in [2.75, 3.05) is 26.8 Å². The van der Waals surface area contributed by atoms with Crippen LogP contribution < -0.4 is 0 Å². The maximum Gasteiger partial charge on any atom is 0.225 e. The van der Waals surface area contributed by atoms with E-state index in [0.29, 0.717) is 0 Å². The molecule has 1 amide bonds. The molecule has 4 rings (SSSR count). The molecule has 0 spiro atoms. The van der Waals surface area contributed by atoms with Crippen LogP contribution in [-0.4, -0.2) is 47.6 Å². The molecule has 0 aromatic carbocycles. The van der Waals surface area contributed by atoms with Crippen molar-refractivity contribution in [2.45, 2.75) is 26.2 Å². The third kappa shape index (κ3) is 3.33. The number of carbonyl (C=O) groups excluding carboxylic acids is 1.